The van der Waals surface area contributed by atoms with Crippen LogP contribution in [0.2, 0.25) is 0 Å². The molecule has 4 fully saturated rings. The molecule has 0 radical (unpaired) electrons. The lowest BCUT2D eigenvalue weighted by Gasteiger charge is -2.60. The fourth-order valence-electron chi connectivity index (χ4n) is 5.39. The monoisotopic (exact) mass is 341 g/mol. The first-order valence-electron chi connectivity index (χ1n) is 8.23. The highest BCUT2D eigenvalue weighted by molar-refractivity contribution is 9.10. The lowest BCUT2D eigenvalue weighted by Crippen LogP contribution is -2.55. The molecule has 0 aromatic carbocycles. The van der Waals surface area contributed by atoms with Gasteiger partial charge in [-0.15, -0.1) is 0 Å². The van der Waals surface area contributed by atoms with Crippen molar-refractivity contribution in [1.82, 2.24) is 5.32 Å². The van der Waals surface area contributed by atoms with Crippen molar-refractivity contribution in [1.29, 1.82) is 0 Å². The van der Waals surface area contributed by atoms with E-state index in [1.54, 1.807) is 0 Å². The maximum atomic E-state index is 12.5. The fourth-order valence-corrected chi connectivity index (χ4v) is 6.90. The van der Waals surface area contributed by atoms with Gasteiger partial charge in [-0.25, -0.2) is 0 Å². The molecular weight excluding hydrogens is 314 g/mol. The summed E-state index contributed by atoms with van der Waals surface area (Å²) >= 11 is 4.03. The number of amides is 1. The van der Waals surface area contributed by atoms with Crippen molar-refractivity contribution in [2.75, 3.05) is 0 Å². The zero-order chi connectivity index (χ0) is 14.6. The van der Waals surface area contributed by atoms with Crippen molar-refractivity contribution in [3.8, 4) is 0 Å². The van der Waals surface area contributed by atoms with E-state index >= 15 is 0 Å². The van der Waals surface area contributed by atoms with Crippen LogP contribution in [-0.4, -0.2) is 15.8 Å². The summed E-state index contributed by atoms with van der Waals surface area (Å²) < 4.78 is 0.359. The average molecular weight is 342 g/mol. The van der Waals surface area contributed by atoms with Crippen LogP contribution in [0.4, 0.5) is 0 Å². The molecule has 0 aromatic rings. The third kappa shape index (κ3) is 2.80. The number of nitrogens with one attached hydrogen (secondary N) is 1. The van der Waals surface area contributed by atoms with Crippen molar-refractivity contribution < 1.29 is 4.79 Å². The molecule has 4 saturated carbocycles. The predicted octanol–water partition coefficient (Wildman–Crippen LogP) is 4.42. The van der Waals surface area contributed by atoms with Gasteiger partial charge in [-0.3, -0.25) is 4.79 Å². The second-order valence-electron chi connectivity index (χ2n) is 8.57. The van der Waals surface area contributed by atoms with Gasteiger partial charge in [0.05, 0.1) is 0 Å². The van der Waals surface area contributed by atoms with E-state index in [4.69, 9.17) is 0 Å². The molecule has 0 aliphatic heterocycles. The van der Waals surface area contributed by atoms with Crippen LogP contribution in [0, 0.1) is 17.3 Å². The second-order valence-corrected chi connectivity index (χ2v) is 10.3. The minimum Gasteiger partial charge on any atom is -0.351 e. The zero-order valence-electron chi connectivity index (χ0n) is 13.1. The van der Waals surface area contributed by atoms with Gasteiger partial charge >= 0.3 is 0 Å². The van der Waals surface area contributed by atoms with Gasteiger partial charge in [-0.1, -0.05) is 22.9 Å². The summed E-state index contributed by atoms with van der Waals surface area (Å²) in [4.78, 5) is 12.5. The molecule has 1 N–H and O–H groups in total. The number of carbonyl (C=O) groups excluding carboxylic acids is 1. The Kier molecular flexibility index (Phi) is 3.51. The molecule has 1 amide bonds. The summed E-state index contributed by atoms with van der Waals surface area (Å²) in [6, 6.07) is 0. The molecule has 4 aliphatic rings. The lowest BCUT2D eigenvalue weighted by molar-refractivity contribution is -0.129. The van der Waals surface area contributed by atoms with Crippen molar-refractivity contribution in [2.45, 2.75) is 82.0 Å². The third-order valence-corrected chi connectivity index (χ3v) is 6.94. The minimum absolute atomic E-state index is 0.0640. The second kappa shape index (κ2) is 4.72. The van der Waals surface area contributed by atoms with E-state index in [-0.39, 0.29) is 11.4 Å². The molecule has 3 heteroatoms. The smallest absolute Gasteiger partial charge is 0.220 e. The average Bonchev–Trinajstić information content (AvgIpc) is 2.23. The number of hydrogen-bond acceptors (Lipinski definition) is 1. The Balaban J connectivity index is 1.69. The van der Waals surface area contributed by atoms with Gasteiger partial charge in [0.25, 0.3) is 0 Å². The highest BCUT2D eigenvalue weighted by Gasteiger charge is 2.57. The van der Waals surface area contributed by atoms with Gasteiger partial charge < -0.3 is 5.32 Å². The normalized spacial score (nSPS) is 42.8. The Bertz CT molecular complexity index is 403. The Labute approximate surface area is 131 Å². The van der Waals surface area contributed by atoms with Crippen molar-refractivity contribution in [2.24, 2.45) is 17.3 Å². The van der Waals surface area contributed by atoms with E-state index in [0.717, 1.165) is 24.7 Å². The minimum atomic E-state index is -0.0640. The quantitative estimate of drug-likeness (QED) is 0.753. The number of carbonyl (C=O) groups is 1. The fraction of sp³-hybridized carbons (Fsp3) is 0.941. The van der Waals surface area contributed by atoms with Gasteiger partial charge in [0.15, 0.2) is 0 Å². The van der Waals surface area contributed by atoms with E-state index in [2.05, 4.69) is 42.0 Å². The van der Waals surface area contributed by atoms with Crippen molar-refractivity contribution in [3.63, 3.8) is 0 Å². The zero-order valence-corrected chi connectivity index (χ0v) is 14.7. The first-order chi connectivity index (χ1) is 9.23. The van der Waals surface area contributed by atoms with Crippen LogP contribution in [0.5, 0.6) is 0 Å². The van der Waals surface area contributed by atoms with Gasteiger partial charge in [0, 0.05) is 16.3 Å². The van der Waals surface area contributed by atoms with Crippen LogP contribution in [0.25, 0.3) is 0 Å². The van der Waals surface area contributed by atoms with Crippen LogP contribution in [0.15, 0.2) is 0 Å². The summed E-state index contributed by atoms with van der Waals surface area (Å²) in [5.74, 6) is 2.00. The molecule has 2 nitrogen and oxygen atoms in total. The van der Waals surface area contributed by atoms with Gasteiger partial charge in [0.2, 0.25) is 5.91 Å². The Morgan fingerprint density at radius 1 is 1.25 bits per heavy atom. The summed E-state index contributed by atoms with van der Waals surface area (Å²) in [6.45, 7) is 6.38. The standard InChI is InChI=1S/C17H28BrNO/c1-4-15(2,3)19-14(20)10-16-6-12-5-13(7-16)9-17(18,8-12)11-16/h12-13H,4-11H2,1-3H3,(H,19,20)/t12-,13-,16?,17?/m0/s1. The van der Waals surface area contributed by atoms with Gasteiger partial charge in [-0.2, -0.15) is 0 Å². The van der Waals surface area contributed by atoms with E-state index in [9.17, 15) is 4.79 Å². The Hall–Kier alpha value is -0.0500. The first-order valence-corrected chi connectivity index (χ1v) is 9.02. The van der Waals surface area contributed by atoms with E-state index < -0.39 is 0 Å². The van der Waals surface area contributed by atoms with E-state index in [0.29, 0.717) is 9.74 Å². The number of hydrogen-bond donors (Lipinski definition) is 1. The van der Waals surface area contributed by atoms with Gasteiger partial charge in [-0.05, 0) is 76.0 Å². The lowest BCUT2D eigenvalue weighted by atomic mass is 9.48. The maximum absolute atomic E-state index is 12.5. The first kappa shape index (κ1) is 14.9. The molecule has 2 atom stereocenters. The van der Waals surface area contributed by atoms with Crippen LogP contribution in [0.1, 0.15) is 72.1 Å². The van der Waals surface area contributed by atoms with Crippen LogP contribution < -0.4 is 5.32 Å². The molecule has 0 unspecified atom stereocenters. The van der Waals surface area contributed by atoms with E-state index in [1.807, 2.05) is 0 Å². The molecule has 0 spiro atoms. The third-order valence-electron chi connectivity index (χ3n) is 6.01. The summed E-state index contributed by atoms with van der Waals surface area (Å²) in [6.07, 6.45) is 9.62. The maximum Gasteiger partial charge on any atom is 0.220 e. The topological polar surface area (TPSA) is 29.1 Å². The van der Waals surface area contributed by atoms with E-state index in [1.165, 1.54) is 38.5 Å². The van der Waals surface area contributed by atoms with Crippen molar-refractivity contribution in [3.05, 3.63) is 0 Å². The number of halogens is 1. The molecule has 20 heavy (non-hydrogen) atoms. The largest absolute Gasteiger partial charge is 0.351 e. The van der Waals surface area contributed by atoms with Crippen LogP contribution >= 0.6 is 15.9 Å². The molecule has 4 aliphatic carbocycles. The van der Waals surface area contributed by atoms with Crippen LogP contribution in [0.3, 0.4) is 0 Å². The Morgan fingerprint density at radius 3 is 2.35 bits per heavy atom. The molecule has 4 rings (SSSR count). The molecule has 0 heterocycles. The van der Waals surface area contributed by atoms with Crippen LogP contribution in [-0.2, 0) is 4.79 Å². The SMILES string of the molecule is CCC(C)(C)NC(=O)CC12C[C@@H]3C[C@H](CC(Br)(C3)C1)C2. The predicted molar refractivity (Wildman–Crippen MR) is 85.9 cm³/mol. The highest BCUT2D eigenvalue weighted by Crippen LogP contribution is 2.65. The molecule has 114 valence electrons. The molecule has 0 aromatic heterocycles. The number of alkyl halides is 1. The van der Waals surface area contributed by atoms with Crippen molar-refractivity contribution >= 4 is 21.8 Å². The summed E-state index contributed by atoms with van der Waals surface area (Å²) in [5.41, 5.74) is 0.229. The number of rotatable bonds is 4. The molecular formula is C17H28BrNO. The molecule has 0 saturated heterocycles. The molecule has 4 bridgehead atoms. The summed E-state index contributed by atoms with van der Waals surface area (Å²) in [5, 5.41) is 3.24. The van der Waals surface area contributed by atoms with Gasteiger partial charge in [0.1, 0.15) is 0 Å². The summed E-state index contributed by atoms with van der Waals surface area (Å²) in [7, 11) is 0. The Morgan fingerprint density at radius 2 is 1.85 bits per heavy atom. The highest BCUT2D eigenvalue weighted by atomic mass is 79.9.